The zero-order chi connectivity index (χ0) is 14.5. The van der Waals surface area contributed by atoms with Gasteiger partial charge in [-0.15, -0.1) is 11.3 Å². The molecule has 0 radical (unpaired) electrons. The second-order valence-corrected chi connectivity index (χ2v) is 5.68. The maximum absolute atomic E-state index is 12.7. The minimum Gasteiger partial charge on any atom is -0.326 e. The van der Waals surface area contributed by atoms with Gasteiger partial charge in [0, 0.05) is 23.4 Å². The van der Waals surface area contributed by atoms with E-state index in [9.17, 15) is 14.0 Å². The van der Waals surface area contributed by atoms with Crippen LogP contribution in [0.4, 0.5) is 10.1 Å². The molecule has 5 heteroatoms. The number of anilines is 1. The van der Waals surface area contributed by atoms with Gasteiger partial charge in [-0.1, -0.05) is 0 Å². The highest BCUT2D eigenvalue weighted by atomic mass is 32.1. The van der Waals surface area contributed by atoms with Crippen molar-refractivity contribution in [3.63, 3.8) is 0 Å². The molecule has 0 saturated heterocycles. The SMILES string of the molecule is Cc1ccc(C(=O)CCC(=O)Nc2ccc(F)cc2)s1. The predicted molar refractivity (Wildman–Crippen MR) is 77.7 cm³/mol. The molecule has 2 aromatic rings. The summed E-state index contributed by atoms with van der Waals surface area (Å²) < 4.78 is 12.7. The summed E-state index contributed by atoms with van der Waals surface area (Å²) in [6.45, 7) is 1.93. The Bertz CT molecular complexity index is 619. The molecule has 3 nitrogen and oxygen atoms in total. The van der Waals surface area contributed by atoms with Crippen molar-refractivity contribution in [2.75, 3.05) is 5.32 Å². The molecule has 1 amide bonds. The largest absolute Gasteiger partial charge is 0.326 e. The number of benzene rings is 1. The van der Waals surface area contributed by atoms with E-state index >= 15 is 0 Å². The van der Waals surface area contributed by atoms with E-state index in [4.69, 9.17) is 0 Å². The second-order valence-electron chi connectivity index (χ2n) is 4.39. The molecular weight excluding hydrogens is 277 g/mol. The maximum Gasteiger partial charge on any atom is 0.224 e. The molecule has 2 rings (SSSR count). The molecule has 1 N–H and O–H groups in total. The Kier molecular flexibility index (Phi) is 4.63. The molecule has 1 aromatic carbocycles. The fourth-order valence-electron chi connectivity index (χ4n) is 1.69. The Morgan fingerprint density at radius 2 is 1.80 bits per heavy atom. The van der Waals surface area contributed by atoms with Gasteiger partial charge >= 0.3 is 0 Å². The number of Topliss-reactive ketones (excluding diaryl/α,β-unsaturated/α-hetero) is 1. The number of thiophene rings is 1. The van der Waals surface area contributed by atoms with Crippen LogP contribution in [-0.2, 0) is 4.79 Å². The first kappa shape index (κ1) is 14.4. The summed E-state index contributed by atoms with van der Waals surface area (Å²) in [6.07, 6.45) is 0.292. The van der Waals surface area contributed by atoms with E-state index in [0.29, 0.717) is 10.6 Å². The third-order valence-electron chi connectivity index (χ3n) is 2.72. The molecule has 0 saturated carbocycles. The van der Waals surface area contributed by atoms with Crippen LogP contribution in [0.1, 0.15) is 27.4 Å². The smallest absolute Gasteiger partial charge is 0.224 e. The van der Waals surface area contributed by atoms with Crippen LogP contribution in [0.5, 0.6) is 0 Å². The van der Waals surface area contributed by atoms with Gasteiger partial charge in [-0.05, 0) is 43.3 Å². The van der Waals surface area contributed by atoms with Crippen molar-refractivity contribution in [2.45, 2.75) is 19.8 Å². The summed E-state index contributed by atoms with van der Waals surface area (Å²) in [5, 5.41) is 2.63. The topological polar surface area (TPSA) is 46.2 Å². The lowest BCUT2D eigenvalue weighted by atomic mass is 10.2. The van der Waals surface area contributed by atoms with Crippen molar-refractivity contribution in [2.24, 2.45) is 0 Å². The Hall–Kier alpha value is -2.01. The van der Waals surface area contributed by atoms with Crippen molar-refractivity contribution in [1.82, 2.24) is 0 Å². The number of ketones is 1. The van der Waals surface area contributed by atoms with Crippen LogP contribution < -0.4 is 5.32 Å². The lowest BCUT2D eigenvalue weighted by Crippen LogP contribution is -2.13. The van der Waals surface area contributed by atoms with Gasteiger partial charge < -0.3 is 5.32 Å². The molecule has 0 unspecified atom stereocenters. The van der Waals surface area contributed by atoms with E-state index in [0.717, 1.165) is 4.88 Å². The quantitative estimate of drug-likeness (QED) is 0.852. The minimum absolute atomic E-state index is 0.0302. The van der Waals surface area contributed by atoms with Crippen molar-refractivity contribution in [3.8, 4) is 0 Å². The number of carbonyl (C=O) groups excluding carboxylic acids is 2. The fraction of sp³-hybridized carbons (Fsp3) is 0.200. The summed E-state index contributed by atoms with van der Waals surface area (Å²) in [4.78, 5) is 25.3. The molecule has 0 aliphatic carbocycles. The van der Waals surface area contributed by atoms with Crippen LogP contribution in [0.3, 0.4) is 0 Å². The zero-order valence-corrected chi connectivity index (χ0v) is 11.8. The van der Waals surface area contributed by atoms with E-state index in [1.165, 1.54) is 35.6 Å². The lowest BCUT2D eigenvalue weighted by Gasteiger charge is -2.04. The first-order valence-corrected chi connectivity index (χ1v) is 7.01. The number of amides is 1. The highest BCUT2D eigenvalue weighted by Gasteiger charge is 2.11. The summed E-state index contributed by atoms with van der Waals surface area (Å²) in [6, 6.07) is 9.18. The first-order chi connectivity index (χ1) is 9.54. The van der Waals surface area contributed by atoms with E-state index < -0.39 is 0 Å². The molecule has 0 fully saturated rings. The Morgan fingerprint density at radius 1 is 1.10 bits per heavy atom. The van der Waals surface area contributed by atoms with Crippen molar-refractivity contribution >= 4 is 28.7 Å². The van der Waals surface area contributed by atoms with E-state index in [1.807, 2.05) is 13.0 Å². The van der Waals surface area contributed by atoms with E-state index in [2.05, 4.69) is 5.32 Å². The number of halogens is 1. The third-order valence-corrected chi connectivity index (χ3v) is 3.76. The summed E-state index contributed by atoms with van der Waals surface area (Å²) in [5.74, 6) is -0.637. The number of hydrogen-bond acceptors (Lipinski definition) is 3. The molecule has 0 atom stereocenters. The highest BCUT2D eigenvalue weighted by Crippen LogP contribution is 2.17. The van der Waals surface area contributed by atoms with Gasteiger partial charge in [0.1, 0.15) is 5.82 Å². The van der Waals surface area contributed by atoms with Gasteiger partial charge in [0.05, 0.1) is 4.88 Å². The lowest BCUT2D eigenvalue weighted by molar-refractivity contribution is -0.116. The Balaban J connectivity index is 1.83. The van der Waals surface area contributed by atoms with Gasteiger partial charge in [-0.25, -0.2) is 4.39 Å². The second kappa shape index (κ2) is 6.43. The number of aryl methyl sites for hydroxylation is 1. The van der Waals surface area contributed by atoms with Crippen molar-refractivity contribution in [1.29, 1.82) is 0 Å². The average Bonchev–Trinajstić information content (AvgIpc) is 2.85. The molecule has 0 spiro atoms. The van der Waals surface area contributed by atoms with E-state index in [1.54, 1.807) is 6.07 Å². The Morgan fingerprint density at radius 3 is 2.40 bits per heavy atom. The van der Waals surface area contributed by atoms with Crippen LogP contribution in [-0.4, -0.2) is 11.7 Å². The van der Waals surface area contributed by atoms with Crippen LogP contribution in [0, 0.1) is 12.7 Å². The minimum atomic E-state index is -0.355. The molecule has 104 valence electrons. The summed E-state index contributed by atoms with van der Waals surface area (Å²) >= 11 is 1.43. The number of rotatable bonds is 5. The monoisotopic (exact) mass is 291 g/mol. The normalized spacial score (nSPS) is 10.3. The standard InChI is InChI=1S/C15H14FNO2S/c1-10-2-8-14(20-10)13(18)7-9-15(19)17-12-5-3-11(16)4-6-12/h2-6,8H,7,9H2,1H3,(H,17,19). The summed E-state index contributed by atoms with van der Waals surface area (Å²) in [7, 11) is 0. The van der Waals surface area contributed by atoms with Gasteiger partial charge in [0.2, 0.25) is 5.91 Å². The summed E-state index contributed by atoms with van der Waals surface area (Å²) in [5.41, 5.74) is 0.524. The predicted octanol–water partition coefficient (Wildman–Crippen LogP) is 3.80. The molecule has 0 aliphatic rings. The van der Waals surface area contributed by atoms with Gasteiger partial charge in [0.25, 0.3) is 0 Å². The van der Waals surface area contributed by atoms with Crippen molar-refractivity contribution < 1.29 is 14.0 Å². The third kappa shape index (κ3) is 3.99. The molecule has 0 aliphatic heterocycles. The van der Waals surface area contributed by atoms with Gasteiger partial charge in [-0.3, -0.25) is 9.59 Å². The van der Waals surface area contributed by atoms with Crippen LogP contribution in [0.25, 0.3) is 0 Å². The van der Waals surface area contributed by atoms with Crippen LogP contribution in [0.15, 0.2) is 36.4 Å². The number of nitrogens with one attached hydrogen (secondary N) is 1. The van der Waals surface area contributed by atoms with Crippen LogP contribution in [0.2, 0.25) is 0 Å². The maximum atomic E-state index is 12.7. The molecule has 1 aromatic heterocycles. The van der Waals surface area contributed by atoms with Crippen molar-refractivity contribution in [3.05, 3.63) is 52.0 Å². The van der Waals surface area contributed by atoms with E-state index in [-0.39, 0.29) is 30.3 Å². The first-order valence-electron chi connectivity index (χ1n) is 6.19. The molecule has 0 bridgehead atoms. The Labute approximate surface area is 120 Å². The zero-order valence-electron chi connectivity index (χ0n) is 11.0. The fourth-order valence-corrected chi connectivity index (χ4v) is 2.53. The molecular formula is C15H14FNO2S. The molecule has 1 heterocycles. The number of carbonyl (C=O) groups is 2. The number of hydrogen-bond donors (Lipinski definition) is 1. The van der Waals surface area contributed by atoms with Gasteiger partial charge in [0.15, 0.2) is 5.78 Å². The highest BCUT2D eigenvalue weighted by molar-refractivity contribution is 7.14. The van der Waals surface area contributed by atoms with Crippen LogP contribution >= 0.6 is 11.3 Å². The molecule has 20 heavy (non-hydrogen) atoms. The average molecular weight is 291 g/mol. The van der Waals surface area contributed by atoms with Gasteiger partial charge in [-0.2, -0.15) is 0 Å².